The molecule has 0 saturated carbocycles. The monoisotopic (exact) mass is 228 g/mol. The Morgan fingerprint density at radius 2 is 1.81 bits per heavy atom. The van der Waals surface area contributed by atoms with Gasteiger partial charge in [0.15, 0.2) is 0 Å². The van der Waals surface area contributed by atoms with Crippen LogP contribution in [0.4, 0.5) is 0 Å². The zero-order valence-electron chi connectivity index (χ0n) is 9.56. The van der Waals surface area contributed by atoms with Gasteiger partial charge in [0.1, 0.15) is 0 Å². The number of hydrogen-bond donors (Lipinski definition) is 0. The summed E-state index contributed by atoms with van der Waals surface area (Å²) in [5, 5.41) is 0. The van der Waals surface area contributed by atoms with E-state index >= 15 is 0 Å². The second-order valence-corrected chi connectivity index (χ2v) is 3.74. The van der Waals surface area contributed by atoms with Gasteiger partial charge in [-0.2, -0.15) is 0 Å². The van der Waals surface area contributed by atoms with Crippen molar-refractivity contribution in [3.05, 3.63) is 0 Å². The molecule has 16 heavy (non-hydrogen) atoms. The highest BCUT2D eigenvalue weighted by atomic mass is 16.5. The maximum Gasteiger partial charge on any atom is 0.396 e. The van der Waals surface area contributed by atoms with Gasteiger partial charge >= 0.3 is 11.9 Å². The number of likely N-dealkylation sites (tertiary alicyclic amines) is 1. The Morgan fingerprint density at radius 1 is 1.25 bits per heavy atom. The number of esters is 1. The number of ether oxygens (including phenoxy) is 1. The van der Waals surface area contributed by atoms with Gasteiger partial charge in [0, 0.05) is 20.1 Å². The largest absolute Gasteiger partial charge is 0.462 e. The molecule has 1 fully saturated rings. The van der Waals surface area contributed by atoms with Crippen molar-refractivity contribution in [1.82, 2.24) is 9.80 Å². The summed E-state index contributed by atoms with van der Waals surface area (Å²) in [4.78, 5) is 36.6. The molecule has 0 aliphatic carbocycles. The zero-order chi connectivity index (χ0) is 12.1. The molecule has 0 aromatic carbocycles. The molecule has 0 N–H and O–H groups in total. The molecule has 0 atom stereocenters. The van der Waals surface area contributed by atoms with Crippen molar-refractivity contribution >= 4 is 17.8 Å². The Morgan fingerprint density at radius 3 is 2.31 bits per heavy atom. The van der Waals surface area contributed by atoms with Gasteiger partial charge in [-0.1, -0.05) is 0 Å². The summed E-state index contributed by atoms with van der Waals surface area (Å²) in [6, 6.07) is 0. The highest BCUT2D eigenvalue weighted by molar-refractivity contribution is 6.32. The van der Waals surface area contributed by atoms with Crippen LogP contribution in [0.25, 0.3) is 0 Å². The molecule has 0 radical (unpaired) electrons. The summed E-state index contributed by atoms with van der Waals surface area (Å²) in [6.07, 6.45) is 2.00. The number of carbonyl (C=O) groups is 3. The van der Waals surface area contributed by atoms with Crippen LogP contribution in [-0.2, 0) is 19.1 Å². The number of likely N-dealkylation sites (N-methyl/N-ethyl adjacent to an activating group) is 1. The predicted octanol–water partition coefficient (Wildman–Crippen LogP) is -0.760. The molecule has 1 saturated heterocycles. The molecule has 6 heteroatoms. The maximum absolute atomic E-state index is 11.7. The second-order valence-electron chi connectivity index (χ2n) is 3.74. The van der Waals surface area contributed by atoms with E-state index in [0.717, 1.165) is 37.9 Å². The first-order valence-corrected chi connectivity index (χ1v) is 5.17. The van der Waals surface area contributed by atoms with Crippen molar-refractivity contribution < 1.29 is 19.1 Å². The van der Waals surface area contributed by atoms with Crippen molar-refractivity contribution in [2.45, 2.75) is 12.8 Å². The average Bonchev–Trinajstić information content (AvgIpc) is 2.80. The number of nitrogens with zero attached hydrogens (tertiary/aromatic N) is 2. The van der Waals surface area contributed by atoms with Gasteiger partial charge in [-0.05, 0) is 12.8 Å². The van der Waals surface area contributed by atoms with Gasteiger partial charge in [-0.15, -0.1) is 0 Å². The van der Waals surface area contributed by atoms with Crippen LogP contribution in [0.1, 0.15) is 12.8 Å². The van der Waals surface area contributed by atoms with Crippen LogP contribution in [0, 0.1) is 0 Å². The van der Waals surface area contributed by atoms with E-state index in [1.54, 1.807) is 4.90 Å². The summed E-state index contributed by atoms with van der Waals surface area (Å²) in [7, 11) is 2.55. The lowest BCUT2D eigenvalue weighted by Crippen LogP contribution is -2.42. The van der Waals surface area contributed by atoms with E-state index in [0.29, 0.717) is 0 Å². The van der Waals surface area contributed by atoms with Gasteiger partial charge < -0.3 is 14.5 Å². The fourth-order valence-electron chi connectivity index (χ4n) is 1.58. The van der Waals surface area contributed by atoms with Crippen molar-refractivity contribution in [2.24, 2.45) is 0 Å². The zero-order valence-corrected chi connectivity index (χ0v) is 9.56. The van der Waals surface area contributed by atoms with Crippen molar-refractivity contribution in [1.29, 1.82) is 0 Å². The molecule has 0 aromatic heterocycles. The lowest BCUT2D eigenvalue weighted by Gasteiger charge is -2.20. The van der Waals surface area contributed by atoms with Crippen LogP contribution < -0.4 is 0 Å². The fraction of sp³-hybridized carbons (Fsp3) is 0.700. The Balaban J connectivity index is 2.43. The van der Waals surface area contributed by atoms with Gasteiger partial charge in [-0.25, -0.2) is 4.79 Å². The molecule has 90 valence electrons. The SMILES string of the molecule is COC(=O)C(=O)N(C)CC(=O)N1CCCC1. The molecular formula is C10H16N2O4. The quantitative estimate of drug-likeness (QED) is 0.460. The van der Waals surface area contributed by atoms with E-state index in [-0.39, 0.29) is 12.5 Å². The minimum atomic E-state index is -0.947. The summed E-state index contributed by atoms with van der Waals surface area (Å²) in [5.41, 5.74) is 0. The third kappa shape index (κ3) is 2.95. The Kier molecular flexibility index (Phi) is 4.28. The summed E-state index contributed by atoms with van der Waals surface area (Å²) < 4.78 is 4.29. The first kappa shape index (κ1) is 12.5. The molecule has 2 amide bonds. The lowest BCUT2D eigenvalue weighted by atomic mass is 10.4. The van der Waals surface area contributed by atoms with Crippen LogP contribution in [0.3, 0.4) is 0 Å². The minimum Gasteiger partial charge on any atom is -0.462 e. The van der Waals surface area contributed by atoms with Gasteiger partial charge in [0.2, 0.25) is 5.91 Å². The van der Waals surface area contributed by atoms with Crippen LogP contribution in [0.2, 0.25) is 0 Å². The van der Waals surface area contributed by atoms with Crippen molar-refractivity contribution in [3.63, 3.8) is 0 Å². The van der Waals surface area contributed by atoms with Gasteiger partial charge in [0.05, 0.1) is 13.7 Å². The van der Waals surface area contributed by atoms with Crippen molar-refractivity contribution in [2.75, 3.05) is 33.8 Å². The van der Waals surface area contributed by atoms with Crippen molar-refractivity contribution in [3.8, 4) is 0 Å². The number of carbonyl (C=O) groups excluding carboxylic acids is 3. The third-order valence-electron chi connectivity index (χ3n) is 2.54. The Hall–Kier alpha value is -1.59. The normalized spacial score (nSPS) is 14.8. The lowest BCUT2D eigenvalue weighted by molar-refractivity contribution is -0.158. The first-order chi connectivity index (χ1) is 7.56. The number of hydrogen-bond acceptors (Lipinski definition) is 4. The third-order valence-corrected chi connectivity index (χ3v) is 2.54. The van der Waals surface area contributed by atoms with Gasteiger partial charge in [-0.3, -0.25) is 9.59 Å². The van der Waals surface area contributed by atoms with Crippen LogP contribution in [-0.4, -0.2) is 61.4 Å². The van der Waals surface area contributed by atoms with E-state index in [1.165, 1.54) is 7.05 Å². The molecular weight excluding hydrogens is 212 g/mol. The molecule has 6 nitrogen and oxygen atoms in total. The molecule has 1 aliphatic rings. The van der Waals surface area contributed by atoms with Gasteiger partial charge in [0.25, 0.3) is 0 Å². The smallest absolute Gasteiger partial charge is 0.396 e. The molecule has 1 rings (SSSR count). The van der Waals surface area contributed by atoms with E-state index in [1.807, 2.05) is 0 Å². The second kappa shape index (κ2) is 5.48. The topological polar surface area (TPSA) is 66.9 Å². The first-order valence-electron chi connectivity index (χ1n) is 5.17. The number of methoxy groups -OCH3 is 1. The molecule has 0 unspecified atom stereocenters. The van der Waals surface area contributed by atoms with E-state index in [4.69, 9.17) is 0 Å². The average molecular weight is 228 g/mol. The summed E-state index contributed by atoms with van der Waals surface area (Å²) >= 11 is 0. The minimum absolute atomic E-state index is 0.0755. The van der Waals surface area contributed by atoms with E-state index in [9.17, 15) is 14.4 Å². The Labute approximate surface area is 94.1 Å². The highest BCUT2D eigenvalue weighted by Crippen LogP contribution is 2.07. The predicted molar refractivity (Wildman–Crippen MR) is 55.5 cm³/mol. The highest BCUT2D eigenvalue weighted by Gasteiger charge is 2.24. The van der Waals surface area contributed by atoms with E-state index in [2.05, 4.69) is 4.74 Å². The van der Waals surface area contributed by atoms with Crippen LogP contribution in [0.5, 0.6) is 0 Å². The molecule has 0 aromatic rings. The maximum atomic E-state index is 11.7. The summed E-state index contributed by atoms with van der Waals surface area (Å²) in [5.74, 6) is -1.87. The number of amides is 2. The van der Waals surface area contributed by atoms with Crippen LogP contribution in [0.15, 0.2) is 0 Å². The molecule has 0 bridgehead atoms. The fourth-order valence-corrected chi connectivity index (χ4v) is 1.58. The standard InChI is InChI=1S/C10H16N2O4/c1-11(9(14)10(15)16-2)7-8(13)12-5-3-4-6-12/h3-7H2,1-2H3. The number of rotatable bonds is 2. The summed E-state index contributed by atoms with van der Waals surface area (Å²) in [6.45, 7) is 1.39. The van der Waals surface area contributed by atoms with Crippen LogP contribution >= 0.6 is 0 Å². The molecule has 1 aliphatic heterocycles. The Bertz CT molecular complexity index is 297. The van der Waals surface area contributed by atoms with E-state index < -0.39 is 11.9 Å². The molecule has 0 spiro atoms. The molecule has 1 heterocycles.